The number of hydrogen-bond donors (Lipinski definition) is 1. The van der Waals surface area contributed by atoms with Gasteiger partial charge in [-0.05, 0) is 19.9 Å². The van der Waals surface area contributed by atoms with Crippen LogP contribution in [0.2, 0.25) is 0 Å². The van der Waals surface area contributed by atoms with E-state index in [9.17, 15) is 5.11 Å². The zero-order valence-electron chi connectivity index (χ0n) is 8.56. The van der Waals surface area contributed by atoms with Crippen LogP contribution in [-0.2, 0) is 10.3 Å². The zero-order chi connectivity index (χ0) is 10.2. The second-order valence-corrected chi connectivity index (χ2v) is 4.21. The number of furan rings is 1. The highest BCUT2D eigenvalue weighted by molar-refractivity contribution is 5.17. The van der Waals surface area contributed by atoms with E-state index in [0.717, 1.165) is 5.56 Å². The fourth-order valence-electron chi connectivity index (χ4n) is 2.29. The van der Waals surface area contributed by atoms with Gasteiger partial charge in [0, 0.05) is 18.4 Å². The van der Waals surface area contributed by atoms with Crippen molar-refractivity contribution in [2.45, 2.75) is 44.5 Å². The van der Waals surface area contributed by atoms with Gasteiger partial charge in [-0.2, -0.15) is 0 Å². The van der Waals surface area contributed by atoms with Gasteiger partial charge in [0.15, 0.2) is 0 Å². The van der Waals surface area contributed by atoms with Gasteiger partial charge in [-0.3, -0.25) is 0 Å². The molecular formula is C11H16O3. The molecule has 1 aromatic rings. The largest absolute Gasteiger partial charge is 0.472 e. The highest BCUT2D eigenvalue weighted by Crippen LogP contribution is 2.37. The Morgan fingerprint density at radius 1 is 1.36 bits per heavy atom. The quantitative estimate of drug-likeness (QED) is 0.747. The van der Waals surface area contributed by atoms with Gasteiger partial charge in [0.2, 0.25) is 0 Å². The van der Waals surface area contributed by atoms with Gasteiger partial charge in [0.05, 0.1) is 30.3 Å². The second kappa shape index (κ2) is 3.41. The molecule has 0 amide bonds. The minimum Gasteiger partial charge on any atom is -0.472 e. The fraction of sp³-hybridized carbons (Fsp3) is 0.636. The van der Waals surface area contributed by atoms with Crippen LogP contribution in [0.3, 0.4) is 0 Å². The summed E-state index contributed by atoms with van der Waals surface area (Å²) in [4.78, 5) is 0. The molecule has 2 rings (SSSR count). The summed E-state index contributed by atoms with van der Waals surface area (Å²) in [5, 5.41) is 10.4. The van der Waals surface area contributed by atoms with Crippen LogP contribution in [0.4, 0.5) is 0 Å². The maximum Gasteiger partial charge on any atom is 0.0976 e. The van der Waals surface area contributed by atoms with Gasteiger partial charge in [-0.15, -0.1) is 0 Å². The average molecular weight is 196 g/mol. The number of ether oxygens (including phenoxy) is 1. The van der Waals surface area contributed by atoms with Gasteiger partial charge in [-0.1, -0.05) is 0 Å². The summed E-state index contributed by atoms with van der Waals surface area (Å²) in [5.74, 6) is 0. The molecule has 1 saturated heterocycles. The monoisotopic (exact) mass is 196 g/mol. The number of hydrogen-bond acceptors (Lipinski definition) is 3. The van der Waals surface area contributed by atoms with E-state index in [1.807, 2.05) is 19.9 Å². The zero-order valence-corrected chi connectivity index (χ0v) is 8.56. The molecule has 1 aliphatic heterocycles. The summed E-state index contributed by atoms with van der Waals surface area (Å²) in [7, 11) is 0. The third-order valence-corrected chi connectivity index (χ3v) is 2.77. The Balaban J connectivity index is 2.22. The lowest BCUT2D eigenvalue weighted by Crippen LogP contribution is -2.40. The molecule has 0 bridgehead atoms. The first-order chi connectivity index (χ1) is 6.60. The molecule has 2 unspecified atom stereocenters. The minimum atomic E-state index is -0.774. The first-order valence-electron chi connectivity index (χ1n) is 5.01. The van der Waals surface area contributed by atoms with E-state index in [2.05, 4.69) is 0 Å². The molecule has 3 heteroatoms. The highest BCUT2D eigenvalue weighted by Gasteiger charge is 2.38. The van der Waals surface area contributed by atoms with E-state index >= 15 is 0 Å². The van der Waals surface area contributed by atoms with Crippen molar-refractivity contribution in [1.29, 1.82) is 0 Å². The molecule has 1 fully saturated rings. The Bertz CT molecular complexity index is 281. The summed E-state index contributed by atoms with van der Waals surface area (Å²) in [6.07, 6.45) is 4.67. The van der Waals surface area contributed by atoms with Crippen molar-refractivity contribution < 1.29 is 14.3 Å². The van der Waals surface area contributed by atoms with Gasteiger partial charge in [0.25, 0.3) is 0 Å². The van der Waals surface area contributed by atoms with Crippen LogP contribution >= 0.6 is 0 Å². The first-order valence-corrected chi connectivity index (χ1v) is 5.01. The van der Waals surface area contributed by atoms with Gasteiger partial charge in [-0.25, -0.2) is 0 Å². The Labute approximate surface area is 83.7 Å². The number of aliphatic hydroxyl groups is 1. The SMILES string of the molecule is CC1CC(O)(c2ccoc2)CC(C)O1. The van der Waals surface area contributed by atoms with Crippen molar-refractivity contribution >= 4 is 0 Å². The molecule has 0 radical (unpaired) electrons. The Morgan fingerprint density at radius 3 is 2.50 bits per heavy atom. The van der Waals surface area contributed by atoms with Gasteiger partial charge in [0.1, 0.15) is 0 Å². The van der Waals surface area contributed by atoms with Gasteiger partial charge >= 0.3 is 0 Å². The minimum absolute atomic E-state index is 0.0960. The van der Waals surface area contributed by atoms with Gasteiger partial charge < -0.3 is 14.3 Å². The van der Waals surface area contributed by atoms with E-state index in [1.165, 1.54) is 0 Å². The summed E-state index contributed by atoms with van der Waals surface area (Å²) >= 11 is 0. The van der Waals surface area contributed by atoms with E-state index in [-0.39, 0.29) is 12.2 Å². The van der Waals surface area contributed by atoms with Crippen LogP contribution in [-0.4, -0.2) is 17.3 Å². The lowest BCUT2D eigenvalue weighted by Gasteiger charge is -2.38. The van der Waals surface area contributed by atoms with Crippen molar-refractivity contribution in [2.75, 3.05) is 0 Å². The second-order valence-electron chi connectivity index (χ2n) is 4.21. The summed E-state index contributed by atoms with van der Waals surface area (Å²) in [6, 6.07) is 1.82. The summed E-state index contributed by atoms with van der Waals surface area (Å²) < 4.78 is 10.6. The topological polar surface area (TPSA) is 42.6 Å². The van der Waals surface area contributed by atoms with Crippen molar-refractivity contribution in [1.82, 2.24) is 0 Å². The lowest BCUT2D eigenvalue weighted by atomic mass is 9.83. The molecule has 2 heterocycles. The molecule has 0 aliphatic carbocycles. The maximum absolute atomic E-state index is 10.4. The smallest absolute Gasteiger partial charge is 0.0976 e. The number of rotatable bonds is 1. The van der Waals surface area contributed by atoms with Crippen LogP contribution in [0.15, 0.2) is 23.0 Å². The first kappa shape index (κ1) is 9.74. The molecule has 1 N–H and O–H groups in total. The van der Waals surface area contributed by atoms with Crippen molar-refractivity contribution in [3.05, 3.63) is 24.2 Å². The predicted molar refractivity (Wildman–Crippen MR) is 51.8 cm³/mol. The molecule has 1 aliphatic rings. The Kier molecular flexibility index (Phi) is 2.37. The molecule has 78 valence electrons. The van der Waals surface area contributed by atoms with E-state index in [4.69, 9.17) is 9.15 Å². The third-order valence-electron chi connectivity index (χ3n) is 2.77. The van der Waals surface area contributed by atoms with E-state index < -0.39 is 5.60 Å². The molecule has 0 spiro atoms. The fourth-order valence-corrected chi connectivity index (χ4v) is 2.29. The van der Waals surface area contributed by atoms with Crippen LogP contribution in [0.5, 0.6) is 0 Å². The predicted octanol–water partition coefficient (Wildman–Crippen LogP) is 2.05. The molecule has 1 aromatic heterocycles. The standard InChI is InChI=1S/C11H16O3/c1-8-5-11(12,6-9(2)14-8)10-3-4-13-7-10/h3-4,7-9,12H,5-6H2,1-2H3. The van der Waals surface area contributed by atoms with E-state index in [1.54, 1.807) is 12.5 Å². The van der Waals surface area contributed by atoms with E-state index in [0.29, 0.717) is 12.8 Å². The Morgan fingerprint density at radius 2 is 2.00 bits per heavy atom. The summed E-state index contributed by atoms with van der Waals surface area (Å²) in [5.41, 5.74) is 0.0869. The third kappa shape index (κ3) is 1.70. The van der Waals surface area contributed by atoms with Crippen molar-refractivity contribution in [2.24, 2.45) is 0 Å². The van der Waals surface area contributed by atoms with Crippen LogP contribution in [0.1, 0.15) is 32.3 Å². The van der Waals surface area contributed by atoms with Crippen molar-refractivity contribution in [3.63, 3.8) is 0 Å². The van der Waals surface area contributed by atoms with Crippen LogP contribution in [0, 0.1) is 0 Å². The summed E-state index contributed by atoms with van der Waals surface area (Å²) in [6.45, 7) is 3.97. The maximum atomic E-state index is 10.4. The Hall–Kier alpha value is -0.800. The molecule has 0 aromatic carbocycles. The van der Waals surface area contributed by atoms with Crippen LogP contribution < -0.4 is 0 Å². The highest BCUT2D eigenvalue weighted by atomic mass is 16.5. The molecule has 2 atom stereocenters. The molecule has 14 heavy (non-hydrogen) atoms. The molecule has 3 nitrogen and oxygen atoms in total. The van der Waals surface area contributed by atoms with Crippen molar-refractivity contribution in [3.8, 4) is 0 Å². The molecule has 0 saturated carbocycles. The molecular weight excluding hydrogens is 180 g/mol. The average Bonchev–Trinajstić information content (AvgIpc) is 2.52. The van der Waals surface area contributed by atoms with Crippen LogP contribution in [0.25, 0.3) is 0 Å². The lowest BCUT2D eigenvalue weighted by molar-refractivity contribution is -0.136. The normalized spacial score (nSPS) is 38.5.